The summed E-state index contributed by atoms with van der Waals surface area (Å²) in [5.41, 5.74) is 0. The van der Waals surface area contributed by atoms with Gasteiger partial charge >= 0.3 is 90.1 Å². The van der Waals surface area contributed by atoms with Crippen LogP contribution in [0.25, 0.3) is 0 Å². The van der Waals surface area contributed by atoms with Crippen LogP contribution in [0.3, 0.4) is 0 Å². The van der Waals surface area contributed by atoms with Crippen LogP contribution in [0, 0.1) is 11.8 Å². The molecule has 1 heteroatoms. The molecule has 0 atom stereocenters. The average Bonchev–Trinajstić information content (AvgIpc) is 2.01. The molecular weight excluding hydrogens is 323 g/mol. The molecule has 0 aliphatic rings. The summed E-state index contributed by atoms with van der Waals surface area (Å²) in [5.74, 6) is 1.89. The number of hydrogen-bond donors (Lipinski definition) is 0. The van der Waals surface area contributed by atoms with Crippen molar-refractivity contribution in [1.29, 1.82) is 0 Å². The Hall–Kier alpha value is 0.870. The monoisotopic (exact) mass is 352 g/mol. The van der Waals surface area contributed by atoms with Gasteiger partial charge in [-0.25, -0.2) is 0 Å². The van der Waals surface area contributed by atoms with Crippen LogP contribution >= 0.6 is 0 Å². The van der Waals surface area contributed by atoms with E-state index in [1.54, 1.807) is 16.7 Å². The topological polar surface area (TPSA) is 0 Å². The molecule has 0 radical (unpaired) electrons. The van der Waals surface area contributed by atoms with Crippen molar-refractivity contribution in [3.8, 4) is 0 Å². The molecule has 0 rings (SSSR count). The fourth-order valence-corrected chi connectivity index (χ4v) is 21.6. The zero-order valence-electron chi connectivity index (χ0n) is 10.5. The van der Waals surface area contributed by atoms with E-state index in [2.05, 4.69) is 41.5 Å². The van der Waals surface area contributed by atoms with E-state index < -0.39 is 20.0 Å². The Morgan fingerprint density at radius 1 is 0.769 bits per heavy atom. The second-order valence-electron chi connectivity index (χ2n) is 5.40. The molecule has 0 amide bonds. The molecule has 0 fully saturated rings. The van der Waals surface area contributed by atoms with Crippen LogP contribution in [0.4, 0.5) is 0 Å². The molecule has 0 N–H and O–H groups in total. The van der Waals surface area contributed by atoms with E-state index in [4.69, 9.17) is 0 Å². The maximum atomic E-state index is 2.45. The molecule has 0 aliphatic heterocycles. The van der Waals surface area contributed by atoms with Crippen molar-refractivity contribution in [2.75, 3.05) is 0 Å². The van der Waals surface area contributed by atoms with Gasteiger partial charge in [0.25, 0.3) is 0 Å². The summed E-state index contributed by atoms with van der Waals surface area (Å²) < 4.78 is 6.38. The van der Waals surface area contributed by atoms with Crippen molar-refractivity contribution in [2.24, 2.45) is 11.8 Å². The zero-order chi connectivity index (χ0) is 10.5. The van der Waals surface area contributed by atoms with Gasteiger partial charge in [-0.2, -0.15) is 0 Å². The molecule has 0 heterocycles. The average molecular weight is 351 g/mol. The van der Waals surface area contributed by atoms with Gasteiger partial charge in [0, 0.05) is 0 Å². The second kappa shape index (κ2) is 6.37. The molecule has 0 spiro atoms. The first kappa shape index (κ1) is 13.9. The van der Waals surface area contributed by atoms with E-state index in [0.29, 0.717) is 0 Å². The van der Waals surface area contributed by atoms with Gasteiger partial charge in [0.2, 0.25) is 0 Å². The minimum atomic E-state index is -1.77. The van der Waals surface area contributed by atoms with E-state index in [0.717, 1.165) is 11.8 Å². The molecule has 0 saturated carbocycles. The second-order valence-corrected chi connectivity index (χ2v) is 24.2. The van der Waals surface area contributed by atoms with Gasteiger partial charge in [-0.1, -0.05) is 0 Å². The Morgan fingerprint density at radius 2 is 1.08 bits per heavy atom. The predicted molar refractivity (Wildman–Crippen MR) is 60.3 cm³/mol. The molecule has 0 aromatic carbocycles. The van der Waals surface area contributed by atoms with Gasteiger partial charge < -0.3 is 0 Å². The Morgan fingerprint density at radius 3 is 1.23 bits per heavy atom. The molecule has 0 nitrogen and oxygen atoms in total. The van der Waals surface area contributed by atoms with Gasteiger partial charge in [0.15, 0.2) is 0 Å². The van der Waals surface area contributed by atoms with Gasteiger partial charge in [0.05, 0.1) is 0 Å². The molecule has 0 aromatic heterocycles. The molecule has 0 unspecified atom stereocenters. The summed E-state index contributed by atoms with van der Waals surface area (Å²) in [6, 6.07) is 0. The minimum absolute atomic E-state index is 0.945. The summed E-state index contributed by atoms with van der Waals surface area (Å²) in [5, 5.41) is 0. The number of rotatable bonds is 6. The standard InChI is InChI=1S/2C4H9.2C2H5.Hf/c2*1-4(2)3;2*1-2;/h2*4H,1H2,2-3H3;2*1H2,2H3;. The maximum absolute atomic E-state index is 2.45. The van der Waals surface area contributed by atoms with Crippen LogP contribution in [-0.4, -0.2) is 0 Å². The van der Waals surface area contributed by atoms with E-state index in [1.165, 1.54) is 0 Å². The van der Waals surface area contributed by atoms with Crippen LogP contribution in [0.2, 0.25) is 16.7 Å². The third kappa shape index (κ3) is 5.34. The first-order valence-electron chi connectivity index (χ1n) is 5.95. The fourth-order valence-electron chi connectivity index (χ4n) is 2.64. The van der Waals surface area contributed by atoms with Gasteiger partial charge in [0.1, 0.15) is 0 Å². The SMILES string of the molecule is C[CH2][Hf]([CH2]C)([CH2]C(C)C)[CH2]C(C)C. The third-order valence-electron chi connectivity index (χ3n) is 3.18. The fraction of sp³-hybridized carbons (Fsp3) is 1.00. The van der Waals surface area contributed by atoms with Crippen LogP contribution in [0.5, 0.6) is 0 Å². The summed E-state index contributed by atoms with van der Waals surface area (Å²) >= 11 is -1.77. The van der Waals surface area contributed by atoms with Gasteiger partial charge in [-0.3, -0.25) is 0 Å². The summed E-state index contributed by atoms with van der Waals surface area (Å²) in [7, 11) is 0. The third-order valence-corrected chi connectivity index (χ3v) is 26.1. The predicted octanol–water partition coefficient (Wildman–Crippen LogP) is 5.17. The van der Waals surface area contributed by atoms with E-state index >= 15 is 0 Å². The van der Waals surface area contributed by atoms with Crippen molar-refractivity contribution in [3.63, 3.8) is 0 Å². The van der Waals surface area contributed by atoms with Crippen molar-refractivity contribution in [2.45, 2.75) is 58.3 Å². The zero-order valence-corrected chi connectivity index (χ0v) is 14.1. The summed E-state index contributed by atoms with van der Waals surface area (Å²) in [4.78, 5) is 0. The van der Waals surface area contributed by atoms with E-state index in [1.807, 2.05) is 0 Å². The summed E-state index contributed by atoms with van der Waals surface area (Å²) in [6.07, 6.45) is 0. The van der Waals surface area contributed by atoms with Gasteiger partial charge in [-0.05, 0) is 0 Å². The van der Waals surface area contributed by atoms with Crippen molar-refractivity contribution < 1.29 is 20.0 Å². The van der Waals surface area contributed by atoms with Crippen LogP contribution in [-0.2, 0) is 20.0 Å². The van der Waals surface area contributed by atoms with Gasteiger partial charge in [-0.15, -0.1) is 0 Å². The van der Waals surface area contributed by atoms with Crippen LogP contribution in [0.1, 0.15) is 41.5 Å². The Labute approximate surface area is 89.8 Å². The molecule has 13 heavy (non-hydrogen) atoms. The molecular formula is C12H28Hf. The normalized spacial score (nSPS) is 12.9. The quantitative estimate of drug-likeness (QED) is 0.580. The van der Waals surface area contributed by atoms with Crippen molar-refractivity contribution in [1.82, 2.24) is 0 Å². The Kier molecular flexibility index (Phi) is 6.80. The first-order valence-corrected chi connectivity index (χ1v) is 16.1. The Bertz CT molecular complexity index is 111. The Balaban J connectivity index is 4.30. The number of hydrogen-bond acceptors (Lipinski definition) is 0. The molecule has 0 saturated heterocycles. The first-order chi connectivity index (χ1) is 5.95. The summed E-state index contributed by atoms with van der Waals surface area (Å²) in [6.45, 7) is 14.5. The van der Waals surface area contributed by atoms with E-state index in [-0.39, 0.29) is 0 Å². The van der Waals surface area contributed by atoms with Crippen molar-refractivity contribution in [3.05, 3.63) is 0 Å². The molecule has 80 valence electrons. The molecule has 0 aromatic rings. The van der Waals surface area contributed by atoms with Crippen LogP contribution < -0.4 is 0 Å². The van der Waals surface area contributed by atoms with E-state index in [9.17, 15) is 0 Å². The molecule has 0 bridgehead atoms. The molecule has 0 aliphatic carbocycles. The van der Waals surface area contributed by atoms with Crippen molar-refractivity contribution >= 4 is 0 Å². The van der Waals surface area contributed by atoms with Crippen LogP contribution in [0.15, 0.2) is 0 Å².